The number of hydrogen-bond donors (Lipinski definition) is 0. The van der Waals surface area contributed by atoms with Gasteiger partial charge < -0.3 is 4.90 Å². The zero-order valence-electron chi connectivity index (χ0n) is 11.9. The number of likely N-dealkylation sites (tertiary alicyclic amines) is 1. The molecule has 1 amide bonds. The standard InChI is InChI=1S/C15H17BrF3NO/c1-9-4-3-5-10(2)20(9)14(21)12-8-11(15(17,18)19)6-7-13(12)16/h6-10H,3-5H2,1-2H3. The van der Waals surface area contributed by atoms with E-state index in [-0.39, 0.29) is 23.6 Å². The Bertz CT molecular complexity index is 534. The average molecular weight is 364 g/mol. The fourth-order valence-corrected chi connectivity index (χ4v) is 3.24. The van der Waals surface area contributed by atoms with E-state index in [1.807, 2.05) is 13.8 Å². The van der Waals surface area contributed by atoms with E-state index in [1.165, 1.54) is 6.07 Å². The monoisotopic (exact) mass is 363 g/mol. The Labute approximate surface area is 130 Å². The van der Waals surface area contributed by atoms with E-state index in [0.29, 0.717) is 4.47 Å². The summed E-state index contributed by atoms with van der Waals surface area (Å²) in [4.78, 5) is 14.3. The van der Waals surface area contributed by atoms with Gasteiger partial charge >= 0.3 is 6.18 Å². The first-order valence-corrected chi connectivity index (χ1v) is 7.70. The summed E-state index contributed by atoms with van der Waals surface area (Å²) in [5.41, 5.74) is -0.725. The topological polar surface area (TPSA) is 20.3 Å². The lowest BCUT2D eigenvalue weighted by molar-refractivity contribution is -0.137. The van der Waals surface area contributed by atoms with E-state index < -0.39 is 11.7 Å². The summed E-state index contributed by atoms with van der Waals surface area (Å²) in [6.45, 7) is 3.88. The molecule has 0 bridgehead atoms. The normalized spacial score (nSPS) is 23.2. The SMILES string of the molecule is CC1CCCC(C)N1C(=O)c1cc(C(F)(F)F)ccc1Br. The van der Waals surface area contributed by atoms with Gasteiger partial charge in [0.05, 0.1) is 11.1 Å². The molecule has 0 aliphatic carbocycles. The van der Waals surface area contributed by atoms with Crippen LogP contribution >= 0.6 is 15.9 Å². The number of alkyl halides is 3. The Morgan fingerprint density at radius 1 is 1.24 bits per heavy atom. The van der Waals surface area contributed by atoms with Crippen molar-refractivity contribution in [3.05, 3.63) is 33.8 Å². The van der Waals surface area contributed by atoms with Gasteiger partial charge in [0, 0.05) is 16.6 Å². The maximum absolute atomic E-state index is 12.8. The van der Waals surface area contributed by atoms with Gasteiger partial charge in [-0.3, -0.25) is 4.79 Å². The van der Waals surface area contributed by atoms with Crippen LogP contribution in [0.1, 0.15) is 49.0 Å². The number of piperidine rings is 1. The average Bonchev–Trinajstić information content (AvgIpc) is 2.37. The van der Waals surface area contributed by atoms with Crippen molar-refractivity contribution in [3.8, 4) is 0 Å². The molecule has 1 aromatic rings. The minimum atomic E-state index is -4.45. The van der Waals surface area contributed by atoms with Crippen LogP contribution in [0, 0.1) is 0 Å². The first-order valence-electron chi connectivity index (χ1n) is 6.91. The van der Waals surface area contributed by atoms with Gasteiger partial charge in [0.1, 0.15) is 0 Å². The first kappa shape index (κ1) is 16.3. The van der Waals surface area contributed by atoms with Crippen LogP contribution in [0.15, 0.2) is 22.7 Å². The third-order valence-corrected chi connectivity index (χ3v) is 4.64. The zero-order chi connectivity index (χ0) is 15.8. The third kappa shape index (κ3) is 3.42. The van der Waals surface area contributed by atoms with E-state index in [9.17, 15) is 18.0 Å². The number of carbonyl (C=O) groups excluding carboxylic acids is 1. The Kier molecular flexibility index (Phi) is 4.66. The van der Waals surface area contributed by atoms with Crippen molar-refractivity contribution in [1.29, 1.82) is 0 Å². The van der Waals surface area contributed by atoms with Crippen LogP contribution in [0.4, 0.5) is 13.2 Å². The van der Waals surface area contributed by atoms with Crippen molar-refractivity contribution in [1.82, 2.24) is 4.90 Å². The maximum atomic E-state index is 12.8. The minimum absolute atomic E-state index is 0.0442. The molecule has 116 valence electrons. The van der Waals surface area contributed by atoms with Crippen LogP contribution in [0.5, 0.6) is 0 Å². The molecule has 6 heteroatoms. The Morgan fingerprint density at radius 2 is 1.81 bits per heavy atom. The van der Waals surface area contributed by atoms with Crippen molar-refractivity contribution in [2.24, 2.45) is 0 Å². The molecular formula is C15H17BrF3NO. The predicted molar refractivity (Wildman–Crippen MR) is 78.1 cm³/mol. The van der Waals surface area contributed by atoms with Gasteiger partial charge in [-0.15, -0.1) is 0 Å². The second-order valence-corrected chi connectivity index (χ2v) is 6.39. The predicted octanol–water partition coefficient (Wildman–Crippen LogP) is 4.87. The van der Waals surface area contributed by atoms with Crippen LogP contribution in [-0.4, -0.2) is 22.9 Å². The smallest absolute Gasteiger partial charge is 0.333 e. The highest BCUT2D eigenvalue weighted by Gasteiger charge is 2.34. The maximum Gasteiger partial charge on any atom is 0.416 e. The minimum Gasteiger partial charge on any atom is -0.333 e. The van der Waals surface area contributed by atoms with Crippen molar-refractivity contribution in [3.63, 3.8) is 0 Å². The summed E-state index contributed by atoms with van der Waals surface area (Å²) in [6, 6.07) is 3.28. The van der Waals surface area contributed by atoms with Crippen LogP contribution < -0.4 is 0 Å². The molecule has 1 aromatic carbocycles. The molecule has 2 nitrogen and oxygen atoms in total. The highest BCUT2D eigenvalue weighted by Crippen LogP contribution is 2.33. The molecule has 1 aliphatic rings. The molecule has 1 aliphatic heterocycles. The zero-order valence-corrected chi connectivity index (χ0v) is 13.5. The van der Waals surface area contributed by atoms with E-state index in [2.05, 4.69) is 15.9 Å². The molecule has 0 aromatic heterocycles. The highest BCUT2D eigenvalue weighted by molar-refractivity contribution is 9.10. The number of amides is 1. The van der Waals surface area contributed by atoms with E-state index in [0.717, 1.165) is 31.4 Å². The van der Waals surface area contributed by atoms with Crippen molar-refractivity contribution >= 4 is 21.8 Å². The molecule has 2 atom stereocenters. The first-order chi connectivity index (χ1) is 9.71. The van der Waals surface area contributed by atoms with Crippen molar-refractivity contribution in [2.75, 3.05) is 0 Å². The fraction of sp³-hybridized carbons (Fsp3) is 0.533. The lowest BCUT2D eigenvalue weighted by Crippen LogP contribution is -2.47. The third-order valence-electron chi connectivity index (χ3n) is 3.95. The Hall–Kier alpha value is -1.04. The molecule has 0 N–H and O–H groups in total. The quantitative estimate of drug-likeness (QED) is 0.696. The summed E-state index contributed by atoms with van der Waals surface area (Å²) in [7, 11) is 0. The largest absolute Gasteiger partial charge is 0.416 e. The molecule has 21 heavy (non-hydrogen) atoms. The molecular weight excluding hydrogens is 347 g/mol. The number of hydrogen-bond acceptors (Lipinski definition) is 1. The number of benzene rings is 1. The van der Waals surface area contributed by atoms with Gasteiger partial charge in [0.25, 0.3) is 5.91 Å². The van der Waals surface area contributed by atoms with Gasteiger partial charge in [0.15, 0.2) is 0 Å². The van der Waals surface area contributed by atoms with Crippen LogP contribution in [-0.2, 0) is 6.18 Å². The number of halogens is 4. The molecule has 0 radical (unpaired) electrons. The summed E-state index contributed by atoms with van der Waals surface area (Å²) in [5.74, 6) is -0.340. The van der Waals surface area contributed by atoms with Crippen molar-refractivity contribution in [2.45, 2.75) is 51.4 Å². The van der Waals surface area contributed by atoms with Gasteiger partial charge in [-0.05, 0) is 67.2 Å². The number of rotatable bonds is 1. The van der Waals surface area contributed by atoms with Crippen LogP contribution in [0.25, 0.3) is 0 Å². The fourth-order valence-electron chi connectivity index (χ4n) is 2.83. The molecule has 1 fully saturated rings. The lowest BCUT2D eigenvalue weighted by atomic mass is 9.96. The molecule has 0 saturated carbocycles. The summed E-state index contributed by atoms with van der Waals surface area (Å²) in [6.07, 6.45) is -1.65. The van der Waals surface area contributed by atoms with Crippen LogP contribution in [0.2, 0.25) is 0 Å². The van der Waals surface area contributed by atoms with Gasteiger partial charge in [-0.25, -0.2) is 0 Å². The summed E-state index contributed by atoms with van der Waals surface area (Å²) >= 11 is 3.19. The number of nitrogens with zero attached hydrogens (tertiary/aromatic N) is 1. The number of carbonyl (C=O) groups is 1. The highest BCUT2D eigenvalue weighted by atomic mass is 79.9. The van der Waals surface area contributed by atoms with E-state index >= 15 is 0 Å². The second-order valence-electron chi connectivity index (χ2n) is 5.53. The van der Waals surface area contributed by atoms with Gasteiger partial charge in [-0.1, -0.05) is 0 Å². The Morgan fingerprint density at radius 3 is 2.33 bits per heavy atom. The Balaban J connectivity index is 2.38. The van der Waals surface area contributed by atoms with Crippen LogP contribution in [0.3, 0.4) is 0 Å². The van der Waals surface area contributed by atoms with E-state index in [1.54, 1.807) is 4.90 Å². The summed E-state index contributed by atoms with van der Waals surface area (Å²) in [5, 5.41) is 0. The van der Waals surface area contributed by atoms with Gasteiger partial charge in [-0.2, -0.15) is 13.2 Å². The molecule has 0 spiro atoms. The molecule has 1 heterocycles. The summed E-state index contributed by atoms with van der Waals surface area (Å²) < 4.78 is 38.8. The second kappa shape index (κ2) is 5.99. The molecule has 2 unspecified atom stereocenters. The van der Waals surface area contributed by atoms with Crippen molar-refractivity contribution < 1.29 is 18.0 Å². The van der Waals surface area contributed by atoms with E-state index in [4.69, 9.17) is 0 Å². The van der Waals surface area contributed by atoms with Gasteiger partial charge in [0.2, 0.25) is 0 Å². The molecule has 1 saturated heterocycles. The molecule has 2 rings (SSSR count). The lowest BCUT2D eigenvalue weighted by Gasteiger charge is -2.39.